The zero-order valence-electron chi connectivity index (χ0n) is 17.9. The van der Waals surface area contributed by atoms with Gasteiger partial charge in [-0.05, 0) is 61.9 Å². The minimum atomic E-state index is -3.42. The summed E-state index contributed by atoms with van der Waals surface area (Å²) in [5, 5.41) is 6.56. The van der Waals surface area contributed by atoms with E-state index in [9.17, 15) is 12.8 Å². The number of hydrogen-bond donors (Lipinski definition) is 2. The number of hydrogen-bond acceptors (Lipinski definition) is 3. The number of nitrogens with zero attached hydrogens (tertiary/aromatic N) is 2. The zero-order chi connectivity index (χ0) is 22.1. The quantitative estimate of drug-likeness (QED) is 0.483. The second-order valence-corrected chi connectivity index (χ2v) is 9.62. The van der Waals surface area contributed by atoms with Crippen LogP contribution < -0.4 is 10.6 Å². The Kier molecular flexibility index (Phi) is 8.43. The van der Waals surface area contributed by atoms with E-state index in [-0.39, 0.29) is 5.82 Å². The monoisotopic (exact) mass is 446 g/mol. The SMILES string of the molecule is CCNC(=NCC1CCN(S(=O)(=O)c2ccccc2)CC1)NCCc1ccc(F)cc1. The number of aliphatic imine (C=N–C) groups is 1. The number of sulfonamides is 1. The van der Waals surface area contributed by atoms with Gasteiger partial charge in [-0.2, -0.15) is 4.31 Å². The standard InChI is InChI=1S/C23H31FN4O2S/c1-2-25-23(26-15-12-19-8-10-21(24)11-9-19)27-18-20-13-16-28(17-14-20)31(29,30)22-6-4-3-5-7-22/h3-11,20H,2,12-18H2,1H3,(H2,25,26,27). The van der Waals surface area contributed by atoms with Crippen LogP contribution in [0.4, 0.5) is 4.39 Å². The summed E-state index contributed by atoms with van der Waals surface area (Å²) in [6, 6.07) is 15.1. The van der Waals surface area contributed by atoms with Crippen molar-refractivity contribution in [2.45, 2.75) is 31.1 Å². The van der Waals surface area contributed by atoms with E-state index in [1.807, 2.05) is 13.0 Å². The first-order valence-corrected chi connectivity index (χ1v) is 12.2. The van der Waals surface area contributed by atoms with Gasteiger partial charge in [-0.1, -0.05) is 30.3 Å². The predicted molar refractivity (Wildman–Crippen MR) is 122 cm³/mol. The molecule has 1 saturated heterocycles. The molecule has 1 heterocycles. The summed E-state index contributed by atoms with van der Waals surface area (Å²) in [4.78, 5) is 5.05. The van der Waals surface area contributed by atoms with Crippen molar-refractivity contribution in [3.63, 3.8) is 0 Å². The first-order valence-electron chi connectivity index (χ1n) is 10.8. The van der Waals surface area contributed by atoms with Gasteiger partial charge in [-0.25, -0.2) is 12.8 Å². The lowest BCUT2D eigenvalue weighted by molar-refractivity contribution is 0.278. The van der Waals surface area contributed by atoms with Crippen molar-refractivity contribution in [1.29, 1.82) is 0 Å². The van der Waals surface area contributed by atoms with Crippen molar-refractivity contribution in [3.05, 3.63) is 66.0 Å². The highest BCUT2D eigenvalue weighted by molar-refractivity contribution is 7.89. The fraction of sp³-hybridized carbons (Fsp3) is 0.435. The molecule has 0 radical (unpaired) electrons. The normalized spacial score (nSPS) is 16.3. The van der Waals surface area contributed by atoms with Crippen molar-refractivity contribution >= 4 is 16.0 Å². The number of halogens is 1. The zero-order valence-corrected chi connectivity index (χ0v) is 18.7. The van der Waals surface area contributed by atoms with Gasteiger partial charge in [0.25, 0.3) is 0 Å². The first-order chi connectivity index (χ1) is 15.0. The van der Waals surface area contributed by atoms with Gasteiger partial charge in [0.1, 0.15) is 5.82 Å². The molecule has 0 saturated carbocycles. The van der Waals surface area contributed by atoms with E-state index in [2.05, 4.69) is 10.6 Å². The summed E-state index contributed by atoms with van der Waals surface area (Å²) in [6.45, 7) is 5.18. The topological polar surface area (TPSA) is 73.8 Å². The van der Waals surface area contributed by atoms with E-state index in [0.29, 0.717) is 37.0 Å². The van der Waals surface area contributed by atoms with E-state index in [4.69, 9.17) is 4.99 Å². The van der Waals surface area contributed by atoms with Crippen molar-refractivity contribution in [2.75, 3.05) is 32.7 Å². The van der Waals surface area contributed by atoms with E-state index < -0.39 is 10.0 Å². The molecule has 2 N–H and O–H groups in total. The van der Waals surface area contributed by atoms with E-state index >= 15 is 0 Å². The molecule has 3 rings (SSSR count). The lowest BCUT2D eigenvalue weighted by Crippen LogP contribution is -2.40. The molecule has 0 atom stereocenters. The summed E-state index contributed by atoms with van der Waals surface area (Å²) < 4.78 is 40.1. The van der Waals surface area contributed by atoms with Crippen LogP contribution in [0.1, 0.15) is 25.3 Å². The highest BCUT2D eigenvalue weighted by Gasteiger charge is 2.29. The Labute approximate surface area is 184 Å². The molecule has 31 heavy (non-hydrogen) atoms. The third-order valence-corrected chi connectivity index (χ3v) is 7.34. The largest absolute Gasteiger partial charge is 0.357 e. The third-order valence-electron chi connectivity index (χ3n) is 5.43. The van der Waals surface area contributed by atoms with Crippen molar-refractivity contribution < 1.29 is 12.8 Å². The summed E-state index contributed by atoms with van der Waals surface area (Å²) in [5.41, 5.74) is 1.07. The lowest BCUT2D eigenvalue weighted by Gasteiger charge is -2.30. The second kappa shape index (κ2) is 11.2. The average molecular weight is 447 g/mol. The van der Waals surface area contributed by atoms with Gasteiger partial charge >= 0.3 is 0 Å². The Balaban J connectivity index is 1.47. The molecule has 8 heteroatoms. The van der Waals surface area contributed by atoms with Gasteiger partial charge in [0.15, 0.2) is 5.96 Å². The van der Waals surface area contributed by atoms with Crippen LogP contribution in [0.3, 0.4) is 0 Å². The van der Waals surface area contributed by atoms with Crippen LogP contribution in [0.15, 0.2) is 64.5 Å². The van der Waals surface area contributed by atoms with Crippen LogP contribution in [0.2, 0.25) is 0 Å². The van der Waals surface area contributed by atoms with Crippen LogP contribution in [0.25, 0.3) is 0 Å². The maximum Gasteiger partial charge on any atom is 0.243 e. The average Bonchev–Trinajstić information content (AvgIpc) is 2.79. The smallest absolute Gasteiger partial charge is 0.243 e. The molecule has 0 unspecified atom stereocenters. The molecule has 0 aromatic heterocycles. The Hall–Kier alpha value is -2.45. The first kappa shape index (κ1) is 23.2. The summed E-state index contributed by atoms with van der Waals surface area (Å²) in [6.07, 6.45) is 2.37. The molecule has 6 nitrogen and oxygen atoms in total. The molecule has 0 amide bonds. The van der Waals surface area contributed by atoms with Gasteiger partial charge in [0, 0.05) is 32.7 Å². The maximum atomic E-state index is 13.0. The minimum Gasteiger partial charge on any atom is -0.357 e. The molecular formula is C23H31FN4O2S. The molecule has 0 spiro atoms. The predicted octanol–water partition coefficient (Wildman–Crippen LogP) is 3.02. The fourth-order valence-electron chi connectivity index (χ4n) is 3.61. The van der Waals surface area contributed by atoms with Crippen molar-refractivity contribution in [2.24, 2.45) is 10.9 Å². The number of rotatable bonds is 8. The Morgan fingerprint density at radius 2 is 1.74 bits per heavy atom. The van der Waals surface area contributed by atoms with Crippen LogP contribution in [-0.2, 0) is 16.4 Å². The Morgan fingerprint density at radius 1 is 1.06 bits per heavy atom. The molecule has 0 bridgehead atoms. The van der Waals surface area contributed by atoms with Crippen LogP contribution >= 0.6 is 0 Å². The van der Waals surface area contributed by atoms with E-state index in [1.165, 1.54) is 12.1 Å². The summed E-state index contributed by atoms with van der Waals surface area (Å²) in [7, 11) is -3.42. The number of guanidine groups is 1. The molecule has 2 aromatic rings. The van der Waals surface area contributed by atoms with Gasteiger partial charge in [0.05, 0.1) is 4.90 Å². The molecule has 0 aliphatic carbocycles. The minimum absolute atomic E-state index is 0.228. The highest BCUT2D eigenvalue weighted by atomic mass is 32.2. The number of piperidine rings is 1. The second-order valence-electron chi connectivity index (χ2n) is 7.68. The van der Waals surface area contributed by atoms with Crippen molar-refractivity contribution in [1.82, 2.24) is 14.9 Å². The molecule has 168 valence electrons. The van der Waals surface area contributed by atoms with E-state index in [1.54, 1.807) is 40.7 Å². The molecule has 2 aromatic carbocycles. The van der Waals surface area contributed by atoms with Gasteiger partial charge < -0.3 is 10.6 Å². The fourth-order valence-corrected chi connectivity index (χ4v) is 5.10. The van der Waals surface area contributed by atoms with Gasteiger partial charge in [-0.15, -0.1) is 0 Å². The third kappa shape index (κ3) is 6.77. The highest BCUT2D eigenvalue weighted by Crippen LogP contribution is 2.23. The van der Waals surface area contributed by atoms with Gasteiger partial charge in [0.2, 0.25) is 10.0 Å². The lowest BCUT2D eigenvalue weighted by atomic mass is 9.98. The Bertz CT molecular complexity index is 941. The molecule has 1 aliphatic rings. The van der Waals surface area contributed by atoms with E-state index in [0.717, 1.165) is 37.3 Å². The summed E-state index contributed by atoms with van der Waals surface area (Å²) in [5.74, 6) is 0.882. The Morgan fingerprint density at radius 3 is 2.39 bits per heavy atom. The summed E-state index contributed by atoms with van der Waals surface area (Å²) >= 11 is 0. The van der Waals surface area contributed by atoms with Gasteiger partial charge in [-0.3, -0.25) is 4.99 Å². The molecular weight excluding hydrogens is 415 g/mol. The molecule has 1 aliphatic heterocycles. The number of nitrogens with one attached hydrogen (secondary N) is 2. The maximum absolute atomic E-state index is 13.0. The number of benzene rings is 2. The van der Waals surface area contributed by atoms with Crippen LogP contribution in [0, 0.1) is 11.7 Å². The van der Waals surface area contributed by atoms with Crippen molar-refractivity contribution in [3.8, 4) is 0 Å². The van der Waals surface area contributed by atoms with Crippen LogP contribution in [-0.4, -0.2) is 51.4 Å². The van der Waals surface area contributed by atoms with Crippen LogP contribution in [0.5, 0.6) is 0 Å². The molecule has 1 fully saturated rings.